The molecule has 0 radical (unpaired) electrons. The fraction of sp³-hybridized carbons (Fsp3) is 0.316. The van der Waals surface area contributed by atoms with Crippen molar-refractivity contribution in [3.63, 3.8) is 0 Å². The number of aryl methyl sites for hydroxylation is 1. The van der Waals surface area contributed by atoms with E-state index in [1.54, 1.807) is 0 Å². The molecule has 5 nitrogen and oxygen atoms in total. The van der Waals surface area contributed by atoms with Gasteiger partial charge in [0.15, 0.2) is 11.5 Å². The first-order chi connectivity index (χ1) is 11.7. The molecule has 24 heavy (non-hydrogen) atoms. The van der Waals surface area contributed by atoms with Gasteiger partial charge in [0, 0.05) is 13.1 Å². The molecule has 1 aliphatic heterocycles. The molecule has 0 fully saturated rings. The fourth-order valence-electron chi connectivity index (χ4n) is 2.51. The highest BCUT2D eigenvalue weighted by Gasteiger charge is 2.11. The third kappa shape index (κ3) is 4.41. The van der Waals surface area contributed by atoms with Crippen LogP contribution in [0.25, 0.3) is 0 Å². The molecule has 5 heteroatoms. The molecule has 0 saturated carbocycles. The van der Waals surface area contributed by atoms with Crippen LogP contribution >= 0.6 is 0 Å². The van der Waals surface area contributed by atoms with Gasteiger partial charge in [-0.3, -0.25) is 0 Å². The van der Waals surface area contributed by atoms with Crippen molar-refractivity contribution in [2.24, 2.45) is 0 Å². The van der Waals surface area contributed by atoms with E-state index in [2.05, 4.69) is 10.6 Å². The number of ether oxygens (including phenoxy) is 2. The Morgan fingerprint density at radius 1 is 0.958 bits per heavy atom. The molecule has 1 aliphatic rings. The number of amides is 2. The van der Waals surface area contributed by atoms with Crippen molar-refractivity contribution in [3.8, 4) is 11.5 Å². The van der Waals surface area contributed by atoms with Crippen molar-refractivity contribution in [1.82, 2.24) is 10.6 Å². The second-order valence-corrected chi connectivity index (χ2v) is 5.82. The number of nitrogens with one attached hydrogen (secondary N) is 2. The number of benzene rings is 2. The molecule has 1 heterocycles. The second kappa shape index (κ2) is 7.73. The normalized spacial score (nSPS) is 12.5. The zero-order chi connectivity index (χ0) is 16.8. The molecule has 0 atom stereocenters. The smallest absolute Gasteiger partial charge is 0.315 e. The molecule has 2 aromatic carbocycles. The average molecular weight is 326 g/mol. The van der Waals surface area contributed by atoms with Crippen LogP contribution in [0.15, 0.2) is 42.5 Å². The van der Waals surface area contributed by atoms with Crippen LogP contribution in [0.5, 0.6) is 11.5 Å². The van der Waals surface area contributed by atoms with E-state index in [1.165, 1.54) is 5.56 Å². The van der Waals surface area contributed by atoms with Crippen LogP contribution in [-0.4, -0.2) is 25.8 Å². The highest BCUT2D eigenvalue weighted by atomic mass is 16.6. The molecule has 3 rings (SSSR count). The summed E-state index contributed by atoms with van der Waals surface area (Å²) in [4.78, 5) is 11.8. The van der Waals surface area contributed by atoms with Gasteiger partial charge in [-0.1, -0.05) is 35.9 Å². The summed E-state index contributed by atoms with van der Waals surface area (Å²) in [6.07, 6.45) is 0.745. The van der Waals surface area contributed by atoms with E-state index in [-0.39, 0.29) is 6.03 Å². The van der Waals surface area contributed by atoms with Crippen molar-refractivity contribution in [3.05, 3.63) is 59.2 Å². The van der Waals surface area contributed by atoms with Gasteiger partial charge in [0.2, 0.25) is 0 Å². The first-order valence-corrected chi connectivity index (χ1v) is 8.16. The van der Waals surface area contributed by atoms with E-state index in [4.69, 9.17) is 9.47 Å². The lowest BCUT2D eigenvalue weighted by molar-refractivity contribution is 0.171. The lowest BCUT2D eigenvalue weighted by atomic mass is 10.1. The summed E-state index contributed by atoms with van der Waals surface area (Å²) in [6.45, 7) is 4.31. The Hall–Kier alpha value is -2.69. The molecule has 126 valence electrons. The summed E-state index contributed by atoms with van der Waals surface area (Å²) < 4.78 is 11.1. The minimum absolute atomic E-state index is 0.159. The van der Waals surface area contributed by atoms with Gasteiger partial charge in [0.05, 0.1) is 0 Å². The summed E-state index contributed by atoms with van der Waals surface area (Å²) in [6, 6.07) is 13.8. The molecule has 0 unspecified atom stereocenters. The monoisotopic (exact) mass is 326 g/mol. The Morgan fingerprint density at radius 3 is 2.46 bits per heavy atom. The van der Waals surface area contributed by atoms with Crippen LogP contribution in [0, 0.1) is 6.92 Å². The van der Waals surface area contributed by atoms with Crippen LogP contribution in [0.2, 0.25) is 0 Å². The van der Waals surface area contributed by atoms with Gasteiger partial charge in [0.1, 0.15) is 13.2 Å². The van der Waals surface area contributed by atoms with Crippen LogP contribution in [0.3, 0.4) is 0 Å². The van der Waals surface area contributed by atoms with Gasteiger partial charge in [-0.05, 0) is 36.6 Å². The second-order valence-electron chi connectivity index (χ2n) is 5.82. The third-order valence-electron chi connectivity index (χ3n) is 3.88. The number of urea groups is 1. The number of hydrogen-bond donors (Lipinski definition) is 2. The van der Waals surface area contributed by atoms with Crippen molar-refractivity contribution < 1.29 is 14.3 Å². The Bertz CT molecular complexity index is 698. The van der Waals surface area contributed by atoms with Gasteiger partial charge in [-0.25, -0.2) is 4.79 Å². The summed E-state index contributed by atoms with van der Waals surface area (Å²) in [5.41, 5.74) is 3.41. The molecule has 0 bridgehead atoms. The molecule has 2 aromatic rings. The topological polar surface area (TPSA) is 59.6 Å². The standard InChI is InChI=1S/C19H22N2O3/c1-14-2-4-16(5-3-14)13-21-19(22)20-9-8-15-6-7-17-18(12-15)24-11-10-23-17/h2-7,12H,8-11,13H2,1H3,(H2,20,21,22). The quantitative estimate of drug-likeness (QED) is 0.888. The average Bonchev–Trinajstić information content (AvgIpc) is 2.61. The van der Waals surface area contributed by atoms with Crippen molar-refractivity contribution in [2.45, 2.75) is 19.9 Å². The molecular formula is C19H22N2O3. The van der Waals surface area contributed by atoms with Gasteiger partial charge in [0.25, 0.3) is 0 Å². The largest absolute Gasteiger partial charge is 0.486 e. The minimum Gasteiger partial charge on any atom is -0.486 e. The van der Waals surface area contributed by atoms with Gasteiger partial charge >= 0.3 is 6.03 Å². The maximum Gasteiger partial charge on any atom is 0.315 e. The number of rotatable bonds is 5. The van der Waals surface area contributed by atoms with Gasteiger partial charge < -0.3 is 20.1 Å². The Morgan fingerprint density at radius 2 is 1.67 bits per heavy atom. The highest BCUT2D eigenvalue weighted by molar-refractivity contribution is 5.73. The molecule has 2 N–H and O–H groups in total. The SMILES string of the molecule is Cc1ccc(CNC(=O)NCCc2ccc3c(c2)OCCO3)cc1. The Balaban J connectivity index is 1.41. The van der Waals surface area contributed by atoms with E-state index in [0.29, 0.717) is 26.3 Å². The third-order valence-corrected chi connectivity index (χ3v) is 3.88. The van der Waals surface area contributed by atoms with Crippen LogP contribution < -0.4 is 20.1 Å². The Kier molecular flexibility index (Phi) is 5.21. The van der Waals surface area contributed by atoms with Crippen LogP contribution in [0.1, 0.15) is 16.7 Å². The van der Waals surface area contributed by atoms with E-state index in [0.717, 1.165) is 29.0 Å². The van der Waals surface area contributed by atoms with Crippen molar-refractivity contribution in [2.75, 3.05) is 19.8 Å². The van der Waals surface area contributed by atoms with Gasteiger partial charge in [-0.15, -0.1) is 0 Å². The molecule has 0 aromatic heterocycles. The van der Waals surface area contributed by atoms with Crippen LogP contribution in [-0.2, 0) is 13.0 Å². The first kappa shape index (κ1) is 16.2. The molecular weight excluding hydrogens is 304 g/mol. The number of fused-ring (bicyclic) bond motifs is 1. The van der Waals surface area contributed by atoms with E-state index in [1.807, 2.05) is 49.4 Å². The van der Waals surface area contributed by atoms with Crippen molar-refractivity contribution >= 4 is 6.03 Å². The zero-order valence-electron chi connectivity index (χ0n) is 13.8. The van der Waals surface area contributed by atoms with Crippen LogP contribution in [0.4, 0.5) is 4.79 Å². The number of carbonyl (C=O) groups is 1. The Labute approximate surface area is 142 Å². The summed E-state index contributed by atoms with van der Waals surface area (Å²) >= 11 is 0. The summed E-state index contributed by atoms with van der Waals surface area (Å²) in [5.74, 6) is 1.57. The molecule has 0 spiro atoms. The predicted molar refractivity (Wildman–Crippen MR) is 92.6 cm³/mol. The molecule has 2 amide bonds. The maximum atomic E-state index is 11.8. The minimum atomic E-state index is -0.159. The van der Waals surface area contributed by atoms with E-state index < -0.39 is 0 Å². The number of carbonyl (C=O) groups excluding carboxylic acids is 1. The van der Waals surface area contributed by atoms with Gasteiger partial charge in [-0.2, -0.15) is 0 Å². The predicted octanol–water partition coefficient (Wildman–Crippen LogP) is 2.81. The van der Waals surface area contributed by atoms with Crippen molar-refractivity contribution in [1.29, 1.82) is 0 Å². The number of hydrogen-bond acceptors (Lipinski definition) is 3. The van der Waals surface area contributed by atoms with E-state index in [9.17, 15) is 4.79 Å². The fourth-order valence-corrected chi connectivity index (χ4v) is 2.51. The molecule has 0 saturated heterocycles. The summed E-state index contributed by atoms with van der Waals surface area (Å²) in [7, 11) is 0. The molecule has 0 aliphatic carbocycles. The lowest BCUT2D eigenvalue weighted by Gasteiger charge is -2.18. The maximum absolute atomic E-state index is 11.8. The highest BCUT2D eigenvalue weighted by Crippen LogP contribution is 2.30. The lowest BCUT2D eigenvalue weighted by Crippen LogP contribution is -2.36. The zero-order valence-corrected chi connectivity index (χ0v) is 13.8. The van der Waals surface area contributed by atoms with E-state index >= 15 is 0 Å². The summed E-state index contributed by atoms with van der Waals surface area (Å²) in [5, 5.41) is 5.73. The first-order valence-electron chi connectivity index (χ1n) is 8.16.